The first-order chi connectivity index (χ1) is 7.43. The zero-order valence-corrected chi connectivity index (χ0v) is 9.58. The van der Waals surface area contributed by atoms with Crippen LogP contribution >= 0.6 is 0 Å². The Hall–Kier alpha value is -1.69. The van der Waals surface area contributed by atoms with Crippen LogP contribution in [0.4, 0.5) is 0 Å². The van der Waals surface area contributed by atoms with E-state index in [1.165, 1.54) is 0 Å². The van der Waals surface area contributed by atoms with Crippen LogP contribution in [0.15, 0.2) is 12.4 Å². The van der Waals surface area contributed by atoms with Gasteiger partial charge in [0.05, 0.1) is 25.7 Å². The summed E-state index contributed by atoms with van der Waals surface area (Å²) in [4.78, 5) is 19.8. The number of rotatable bonds is 3. The van der Waals surface area contributed by atoms with Crippen LogP contribution in [0.5, 0.6) is 0 Å². The third-order valence-corrected chi connectivity index (χ3v) is 1.91. The van der Waals surface area contributed by atoms with Gasteiger partial charge in [0, 0.05) is 0 Å². The number of aromatic nitrogens is 2. The normalized spacial score (nSPS) is 11.2. The van der Waals surface area contributed by atoms with Gasteiger partial charge in [-0.2, -0.15) is 0 Å². The zero-order chi connectivity index (χ0) is 12.7. The van der Waals surface area contributed by atoms with Gasteiger partial charge in [0.15, 0.2) is 0 Å². The topological polar surface area (TPSA) is 86.2 Å². The minimum Gasteiger partial charge on any atom is -0.547 e. The molecular weight excluding hydrogens is 212 g/mol. The highest BCUT2D eigenvalue weighted by Gasteiger charge is 2.09. The first-order valence-corrected chi connectivity index (χ1v) is 4.82. The number of carboxylic acids is 1. The quantitative estimate of drug-likeness (QED) is 0.491. The van der Waals surface area contributed by atoms with Crippen molar-refractivity contribution in [1.29, 1.82) is 0 Å². The summed E-state index contributed by atoms with van der Waals surface area (Å²) in [6.07, 6.45) is 3.28. The lowest BCUT2D eigenvalue weighted by Gasteiger charge is -2.00. The molecule has 0 amide bonds. The number of aliphatic hydroxyl groups excluding tert-OH is 1. The van der Waals surface area contributed by atoms with E-state index in [0.29, 0.717) is 5.82 Å². The van der Waals surface area contributed by atoms with Crippen molar-refractivity contribution >= 4 is 12.3 Å². The molecule has 0 bridgehead atoms. The molecule has 0 fully saturated rings. The van der Waals surface area contributed by atoms with E-state index >= 15 is 0 Å². The lowest BCUT2D eigenvalue weighted by molar-refractivity contribution is -0.672. The van der Waals surface area contributed by atoms with Crippen molar-refractivity contribution < 1.29 is 24.4 Å². The SMILES string of the molecule is CC(O)C(=O)[O-].CCn1cc[n+](C)c1C=O. The van der Waals surface area contributed by atoms with Crippen LogP contribution in [0.25, 0.3) is 0 Å². The zero-order valence-electron chi connectivity index (χ0n) is 9.58. The fourth-order valence-electron chi connectivity index (χ4n) is 0.954. The third-order valence-electron chi connectivity index (χ3n) is 1.91. The van der Waals surface area contributed by atoms with Crippen molar-refractivity contribution in [2.75, 3.05) is 0 Å². The van der Waals surface area contributed by atoms with Crippen molar-refractivity contribution in [3.63, 3.8) is 0 Å². The number of hydrogen-bond donors (Lipinski definition) is 1. The Bertz CT molecular complexity index is 358. The van der Waals surface area contributed by atoms with Crippen LogP contribution in [0.3, 0.4) is 0 Å². The second kappa shape index (κ2) is 6.73. The summed E-state index contributed by atoms with van der Waals surface area (Å²) in [5.41, 5.74) is 0. The first-order valence-electron chi connectivity index (χ1n) is 4.82. The second-order valence-corrected chi connectivity index (χ2v) is 3.17. The van der Waals surface area contributed by atoms with Crippen LogP contribution in [0.1, 0.15) is 24.5 Å². The van der Waals surface area contributed by atoms with Gasteiger partial charge < -0.3 is 15.0 Å². The minimum absolute atomic E-state index is 0.711. The van der Waals surface area contributed by atoms with Gasteiger partial charge in [0.2, 0.25) is 6.29 Å². The largest absolute Gasteiger partial charge is 0.547 e. The molecule has 1 N–H and O–H groups in total. The molecule has 0 aliphatic heterocycles. The average Bonchev–Trinajstić information content (AvgIpc) is 2.59. The van der Waals surface area contributed by atoms with Crippen molar-refractivity contribution in [3.8, 4) is 0 Å². The van der Waals surface area contributed by atoms with Crippen LogP contribution in [0, 0.1) is 0 Å². The summed E-state index contributed by atoms with van der Waals surface area (Å²) in [5, 5.41) is 17.3. The van der Waals surface area contributed by atoms with Crippen LogP contribution in [-0.4, -0.2) is 28.0 Å². The molecule has 0 aliphatic carbocycles. The van der Waals surface area contributed by atoms with Crippen molar-refractivity contribution in [2.45, 2.75) is 26.5 Å². The fraction of sp³-hybridized carbons (Fsp3) is 0.500. The van der Waals surface area contributed by atoms with Gasteiger partial charge >= 0.3 is 5.82 Å². The maximum atomic E-state index is 10.4. The number of imidazole rings is 1. The number of carbonyl (C=O) groups excluding carboxylic acids is 2. The molecule has 90 valence electrons. The van der Waals surface area contributed by atoms with Gasteiger partial charge in [-0.3, -0.25) is 4.79 Å². The molecule has 16 heavy (non-hydrogen) atoms. The Morgan fingerprint density at radius 1 is 1.75 bits per heavy atom. The second-order valence-electron chi connectivity index (χ2n) is 3.17. The number of nitrogens with zero attached hydrogens (tertiary/aromatic N) is 2. The molecule has 0 aliphatic rings. The number of hydrogen-bond acceptors (Lipinski definition) is 4. The highest BCUT2D eigenvalue weighted by Crippen LogP contribution is 1.89. The highest BCUT2D eigenvalue weighted by atomic mass is 16.4. The van der Waals surface area contributed by atoms with E-state index in [2.05, 4.69) is 0 Å². The monoisotopic (exact) mass is 228 g/mol. The lowest BCUT2D eigenvalue weighted by atomic mass is 10.4. The fourth-order valence-corrected chi connectivity index (χ4v) is 0.954. The maximum absolute atomic E-state index is 10.4. The summed E-state index contributed by atoms with van der Waals surface area (Å²) in [6, 6.07) is 0. The van der Waals surface area contributed by atoms with Crippen molar-refractivity contribution in [2.24, 2.45) is 7.05 Å². The lowest BCUT2D eigenvalue weighted by Crippen LogP contribution is -2.32. The predicted molar refractivity (Wildman–Crippen MR) is 53.4 cm³/mol. The summed E-state index contributed by atoms with van der Waals surface area (Å²) in [6.45, 7) is 3.98. The average molecular weight is 228 g/mol. The van der Waals surface area contributed by atoms with Gasteiger partial charge in [0.1, 0.15) is 12.4 Å². The maximum Gasteiger partial charge on any atom is 0.321 e. The van der Waals surface area contributed by atoms with E-state index < -0.39 is 12.1 Å². The summed E-state index contributed by atoms with van der Waals surface area (Å²) < 4.78 is 3.70. The predicted octanol–water partition coefficient (Wildman–Crippen LogP) is -1.74. The number of aldehydes is 1. The molecule has 0 saturated carbocycles. The number of aliphatic carboxylic acids is 1. The molecule has 6 nitrogen and oxygen atoms in total. The Morgan fingerprint density at radius 2 is 2.25 bits per heavy atom. The van der Waals surface area contributed by atoms with E-state index in [4.69, 9.17) is 5.11 Å². The molecule has 0 spiro atoms. The third kappa shape index (κ3) is 4.22. The Labute approximate surface area is 93.8 Å². The molecule has 0 saturated heterocycles. The summed E-state index contributed by atoms with van der Waals surface area (Å²) in [5.74, 6) is -0.725. The van der Waals surface area contributed by atoms with Crippen LogP contribution in [0.2, 0.25) is 0 Å². The molecule has 1 aromatic rings. The number of aryl methyl sites for hydroxylation is 2. The molecule has 1 aromatic heterocycles. The summed E-state index contributed by atoms with van der Waals surface area (Å²) in [7, 11) is 1.86. The van der Waals surface area contributed by atoms with Crippen molar-refractivity contribution in [1.82, 2.24) is 4.57 Å². The smallest absolute Gasteiger partial charge is 0.321 e. The molecule has 0 radical (unpaired) electrons. The Morgan fingerprint density at radius 3 is 2.50 bits per heavy atom. The Balaban J connectivity index is 0.000000325. The van der Waals surface area contributed by atoms with E-state index in [1.54, 1.807) is 4.57 Å². The van der Waals surface area contributed by atoms with E-state index in [-0.39, 0.29) is 0 Å². The molecular formula is C10H16N2O4. The molecule has 1 rings (SSSR count). The number of carboxylic acid groups (broad SMARTS) is 1. The minimum atomic E-state index is -1.44. The number of aliphatic hydroxyl groups is 1. The van der Waals surface area contributed by atoms with Gasteiger partial charge in [-0.1, -0.05) is 0 Å². The molecule has 1 unspecified atom stereocenters. The Kier molecular flexibility index (Phi) is 6.02. The van der Waals surface area contributed by atoms with Gasteiger partial charge in [-0.05, 0) is 13.8 Å². The van der Waals surface area contributed by atoms with E-state index in [9.17, 15) is 14.7 Å². The molecule has 1 heterocycles. The first kappa shape index (κ1) is 14.3. The van der Waals surface area contributed by atoms with Gasteiger partial charge in [-0.15, -0.1) is 0 Å². The van der Waals surface area contributed by atoms with Crippen LogP contribution in [-0.2, 0) is 18.4 Å². The van der Waals surface area contributed by atoms with Crippen molar-refractivity contribution in [3.05, 3.63) is 18.2 Å². The number of carbonyl (C=O) groups is 2. The van der Waals surface area contributed by atoms with Gasteiger partial charge in [-0.25, -0.2) is 9.13 Å². The molecule has 0 aromatic carbocycles. The van der Waals surface area contributed by atoms with E-state index in [0.717, 1.165) is 19.8 Å². The highest BCUT2D eigenvalue weighted by molar-refractivity contribution is 5.68. The molecule has 1 atom stereocenters. The van der Waals surface area contributed by atoms with Gasteiger partial charge in [0.25, 0.3) is 0 Å². The summed E-state index contributed by atoms with van der Waals surface area (Å²) >= 11 is 0. The van der Waals surface area contributed by atoms with E-state index in [1.807, 2.05) is 30.9 Å². The molecule has 6 heteroatoms. The van der Waals surface area contributed by atoms with Crippen LogP contribution < -0.4 is 9.67 Å². The standard InChI is InChI=1S/C7H11N2O.C3H6O3/c1-3-9-5-4-8(2)7(9)6-10;1-2(4)3(5)6/h4-6H,3H2,1-2H3;2,4H,1H3,(H,5,6)/q+1;/p-1.